The first-order valence-corrected chi connectivity index (χ1v) is 6.95. The highest BCUT2D eigenvalue weighted by Gasteiger charge is 2.41. The average molecular weight is 287 g/mol. The highest BCUT2D eigenvalue weighted by Crippen LogP contribution is 2.35. The van der Waals surface area contributed by atoms with Gasteiger partial charge in [0.2, 0.25) is 0 Å². The third kappa shape index (κ3) is 3.42. The molecule has 1 atom stereocenters. The van der Waals surface area contributed by atoms with Gasteiger partial charge in [-0.1, -0.05) is 6.92 Å². The van der Waals surface area contributed by atoms with Crippen LogP contribution in [0.5, 0.6) is 0 Å². The Kier molecular flexibility index (Phi) is 4.52. The van der Waals surface area contributed by atoms with Crippen molar-refractivity contribution in [1.29, 1.82) is 0 Å². The van der Waals surface area contributed by atoms with Crippen molar-refractivity contribution in [2.45, 2.75) is 38.4 Å². The van der Waals surface area contributed by atoms with Crippen molar-refractivity contribution in [3.05, 3.63) is 24.0 Å². The van der Waals surface area contributed by atoms with E-state index in [0.717, 1.165) is 17.8 Å². The molecule has 1 aliphatic heterocycles. The molecule has 0 spiro atoms. The number of rotatable bonds is 3. The van der Waals surface area contributed by atoms with Crippen molar-refractivity contribution in [3.8, 4) is 0 Å². The Morgan fingerprint density at radius 1 is 1.35 bits per heavy atom. The molecule has 2 heterocycles. The van der Waals surface area contributed by atoms with Gasteiger partial charge in [0.25, 0.3) is 0 Å². The fourth-order valence-corrected chi connectivity index (χ4v) is 2.48. The molecule has 1 aromatic rings. The summed E-state index contributed by atoms with van der Waals surface area (Å²) in [5, 5.41) is 0. The molecule has 0 unspecified atom stereocenters. The van der Waals surface area contributed by atoms with Crippen LogP contribution in [-0.4, -0.2) is 24.2 Å². The molecule has 0 bridgehead atoms. The summed E-state index contributed by atoms with van der Waals surface area (Å²) in [7, 11) is 0. The van der Waals surface area contributed by atoms with E-state index in [9.17, 15) is 13.2 Å². The van der Waals surface area contributed by atoms with Crippen LogP contribution in [0.25, 0.3) is 0 Å². The van der Waals surface area contributed by atoms with Crippen LogP contribution in [0.3, 0.4) is 0 Å². The molecule has 2 N–H and O–H groups in total. The molecule has 1 fully saturated rings. The zero-order valence-corrected chi connectivity index (χ0v) is 11.5. The average Bonchev–Trinajstić information content (AvgIpc) is 2.46. The van der Waals surface area contributed by atoms with Crippen molar-refractivity contribution in [1.82, 2.24) is 4.98 Å². The molecular weight excluding hydrogens is 267 g/mol. The van der Waals surface area contributed by atoms with Crippen LogP contribution < -0.4 is 10.6 Å². The lowest BCUT2D eigenvalue weighted by molar-refractivity contribution is -0.179. The summed E-state index contributed by atoms with van der Waals surface area (Å²) in [5.74, 6) is -1.17. The van der Waals surface area contributed by atoms with E-state index in [1.165, 1.54) is 0 Å². The topological polar surface area (TPSA) is 42.1 Å². The summed E-state index contributed by atoms with van der Waals surface area (Å²) in [4.78, 5) is 6.26. The second-order valence-corrected chi connectivity index (χ2v) is 5.26. The van der Waals surface area contributed by atoms with Crippen molar-refractivity contribution < 1.29 is 13.2 Å². The molecule has 3 nitrogen and oxygen atoms in total. The second-order valence-electron chi connectivity index (χ2n) is 5.26. The number of alkyl halides is 3. The molecule has 1 aliphatic rings. The third-order valence-electron chi connectivity index (χ3n) is 3.91. The van der Waals surface area contributed by atoms with Crippen molar-refractivity contribution in [3.63, 3.8) is 0 Å². The maximum atomic E-state index is 12.6. The first-order valence-electron chi connectivity index (χ1n) is 6.95. The third-order valence-corrected chi connectivity index (χ3v) is 3.91. The van der Waals surface area contributed by atoms with E-state index in [-0.39, 0.29) is 18.9 Å². The molecule has 0 aliphatic carbocycles. The number of hydrogen-bond acceptors (Lipinski definition) is 3. The summed E-state index contributed by atoms with van der Waals surface area (Å²) < 4.78 is 37.8. The predicted octanol–water partition coefficient (Wildman–Crippen LogP) is 3.27. The Bertz CT molecular complexity index is 422. The van der Waals surface area contributed by atoms with Crippen molar-refractivity contribution in [2.24, 2.45) is 11.7 Å². The normalized spacial score (nSPS) is 19.1. The van der Waals surface area contributed by atoms with Gasteiger partial charge in [-0.2, -0.15) is 13.2 Å². The minimum absolute atomic E-state index is 0.0833. The van der Waals surface area contributed by atoms with E-state index in [1.54, 1.807) is 6.20 Å². The quantitative estimate of drug-likeness (QED) is 0.927. The molecule has 2 rings (SSSR count). The Hall–Kier alpha value is -1.30. The lowest BCUT2D eigenvalue weighted by Gasteiger charge is -2.34. The zero-order chi connectivity index (χ0) is 14.8. The van der Waals surface area contributed by atoms with Crippen LogP contribution in [-0.2, 0) is 0 Å². The molecule has 1 aromatic heterocycles. The standard InChI is InChI=1S/C14H20F3N3/c1-2-12(18)13-4-3-11(9-19-13)20-7-5-10(6-8-20)14(15,16)17/h3-4,9-10,12H,2,5-8,18H2,1H3/t12-/m0/s1. The highest BCUT2D eigenvalue weighted by atomic mass is 19.4. The smallest absolute Gasteiger partial charge is 0.370 e. The molecule has 0 radical (unpaired) electrons. The van der Waals surface area contributed by atoms with Gasteiger partial charge in [0.05, 0.1) is 23.5 Å². The fraction of sp³-hybridized carbons (Fsp3) is 0.643. The van der Waals surface area contributed by atoms with E-state index in [2.05, 4.69) is 4.98 Å². The molecule has 0 saturated carbocycles. The monoisotopic (exact) mass is 287 g/mol. The molecule has 0 aromatic carbocycles. The van der Waals surface area contributed by atoms with Gasteiger partial charge in [0.15, 0.2) is 0 Å². The Morgan fingerprint density at radius 3 is 2.45 bits per heavy atom. The number of nitrogens with zero attached hydrogens (tertiary/aromatic N) is 2. The van der Waals surface area contributed by atoms with Gasteiger partial charge in [-0.3, -0.25) is 4.98 Å². The minimum atomic E-state index is -4.07. The lowest BCUT2D eigenvalue weighted by Crippen LogP contribution is -2.39. The highest BCUT2D eigenvalue weighted by molar-refractivity contribution is 5.45. The molecule has 6 heteroatoms. The van der Waals surface area contributed by atoms with E-state index >= 15 is 0 Å². The maximum Gasteiger partial charge on any atom is 0.391 e. The summed E-state index contributed by atoms with van der Waals surface area (Å²) in [5.41, 5.74) is 7.58. The first-order chi connectivity index (χ1) is 9.41. The Balaban J connectivity index is 1.97. The number of nitrogens with two attached hydrogens (primary N) is 1. The number of hydrogen-bond donors (Lipinski definition) is 1. The van der Waals surface area contributed by atoms with E-state index in [0.29, 0.717) is 13.1 Å². The van der Waals surface area contributed by atoms with Gasteiger partial charge in [0, 0.05) is 19.1 Å². The number of anilines is 1. The Labute approximate surface area is 117 Å². The zero-order valence-electron chi connectivity index (χ0n) is 11.5. The summed E-state index contributed by atoms with van der Waals surface area (Å²) in [6.07, 6.45) is -1.25. The number of pyridine rings is 1. The van der Waals surface area contributed by atoms with Gasteiger partial charge >= 0.3 is 6.18 Å². The molecular formula is C14H20F3N3. The van der Waals surface area contributed by atoms with Gasteiger partial charge in [0.1, 0.15) is 0 Å². The Morgan fingerprint density at radius 2 is 2.00 bits per heavy atom. The molecule has 112 valence electrons. The van der Waals surface area contributed by atoms with E-state index in [4.69, 9.17) is 5.73 Å². The second kappa shape index (κ2) is 5.99. The van der Waals surface area contributed by atoms with Crippen LogP contribution in [0.2, 0.25) is 0 Å². The van der Waals surface area contributed by atoms with Gasteiger partial charge < -0.3 is 10.6 Å². The summed E-state index contributed by atoms with van der Waals surface area (Å²) in [6.45, 7) is 2.83. The van der Waals surface area contributed by atoms with Crippen LogP contribution in [0.4, 0.5) is 18.9 Å². The largest absolute Gasteiger partial charge is 0.391 e. The first kappa shape index (κ1) is 15.1. The summed E-state index contributed by atoms with van der Waals surface area (Å²) >= 11 is 0. The maximum absolute atomic E-state index is 12.6. The van der Waals surface area contributed by atoms with E-state index in [1.807, 2.05) is 24.0 Å². The minimum Gasteiger partial charge on any atom is -0.370 e. The van der Waals surface area contributed by atoms with Gasteiger partial charge in [-0.05, 0) is 31.4 Å². The lowest BCUT2D eigenvalue weighted by atomic mass is 9.96. The van der Waals surface area contributed by atoms with Crippen LogP contribution in [0, 0.1) is 5.92 Å². The fourth-order valence-electron chi connectivity index (χ4n) is 2.48. The van der Waals surface area contributed by atoms with E-state index < -0.39 is 12.1 Å². The number of aromatic nitrogens is 1. The van der Waals surface area contributed by atoms with Crippen molar-refractivity contribution in [2.75, 3.05) is 18.0 Å². The number of piperidine rings is 1. The molecule has 0 amide bonds. The molecule has 20 heavy (non-hydrogen) atoms. The van der Waals surface area contributed by atoms with Gasteiger partial charge in [-0.25, -0.2) is 0 Å². The SMILES string of the molecule is CC[C@H](N)c1ccc(N2CCC(C(F)(F)F)CC2)cn1. The van der Waals surface area contributed by atoms with Crippen LogP contribution >= 0.6 is 0 Å². The van der Waals surface area contributed by atoms with Crippen LogP contribution in [0.1, 0.15) is 37.9 Å². The van der Waals surface area contributed by atoms with Crippen LogP contribution in [0.15, 0.2) is 18.3 Å². The summed E-state index contributed by atoms with van der Waals surface area (Å²) in [6, 6.07) is 3.67. The molecule has 1 saturated heterocycles. The predicted molar refractivity (Wildman–Crippen MR) is 72.4 cm³/mol. The van der Waals surface area contributed by atoms with Gasteiger partial charge in [-0.15, -0.1) is 0 Å². The van der Waals surface area contributed by atoms with Crippen molar-refractivity contribution >= 4 is 5.69 Å². The number of halogens is 3.